The summed E-state index contributed by atoms with van der Waals surface area (Å²) in [6, 6.07) is 20.1. The molecule has 0 bridgehead atoms. The molecule has 0 unspecified atom stereocenters. The number of anilines is 3. The van der Waals surface area contributed by atoms with Gasteiger partial charge in [0.25, 0.3) is 5.91 Å². The van der Waals surface area contributed by atoms with Gasteiger partial charge in [0.1, 0.15) is 5.69 Å². The monoisotopic (exact) mass is 345 g/mol. The Balaban J connectivity index is 1.73. The molecule has 0 aliphatic carbocycles. The number of hydrogen-bond donors (Lipinski definition) is 1. The van der Waals surface area contributed by atoms with Crippen LogP contribution in [0.3, 0.4) is 0 Å². The second-order valence-electron chi connectivity index (χ2n) is 5.89. The Morgan fingerprint density at radius 2 is 1.69 bits per heavy atom. The number of nitrogens with zero attached hydrogens (tertiary/aromatic N) is 2. The Bertz CT molecular complexity index is 922. The summed E-state index contributed by atoms with van der Waals surface area (Å²) in [7, 11) is 1.72. The van der Waals surface area contributed by atoms with Crippen molar-refractivity contribution in [2.24, 2.45) is 0 Å². The van der Waals surface area contributed by atoms with Gasteiger partial charge in [-0.1, -0.05) is 30.3 Å². The van der Waals surface area contributed by atoms with Gasteiger partial charge >= 0.3 is 0 Å². The maximum absolute atomic E-state index is 12.5. The first-order valence-electron chi connectivity index (χ1n) is 8.22. The molecule has 0 saturated heterocycles. The van der Waals surface area contributed by atoms with Gasteiger partial charge in [-0.05, 0) is 43.3 Å². The lowest BCUT2D eigenvalue weighted by Gasteiger charge is -2.17. The van der Waals surface area contributed by atoms with E-state index < -0.39 is 0 Å². The van der Waals surface area contributed by atoms with Crippen molar-refractivity contribution in [3.05, 3.63) is 84.2 Å². The molecule has 2 aromatic carbocycles. The van der Waals surface area contributed by atoms with Crippen LogP contribution in [0.5, 0.6) is 0 Å². The molecule has 1 N–H and O–H groups in total. The van der Waals surface area contributed by atoms with Crippen LogP contribution in [-0.4, -0.2) is 23.7 Å². The fourth-order valence-electron chi connectivity index (χ4n) is 2.52. The molecule has 3 rings (SSSR count). The van der Waals surface area contributed by atoms with Gasteiger partial charge in [0.05, 0.1) is 11.9 Å². The summed E-state index contributed by atoms with van der Waals surface area (Å²) >= 11 is 0. The van der Waals surface area contributed by atoms with Gasteiger partial charge in [-0.2, -0.15) is 0 Å². The van der Waals surface area contributed by atoms with E-state index in [1.165, 1.54) is 6.92 Å². The summed E-state index contributed by atoms with van der Waals surface area (Å²) in [4.78, 5) is 29.8. The number of nitrogens with one attached hydrogen (secondary N) is 1. The van der Waals surface area contributed by atoms with Gasteiger partial charge in [0, 0.05) is 24.0 Å². The fraction of sp³-hybridized carbons (Fsp3) is 0.0952. The first-order valence-corrected chi connectivity index (χ1v) is 8.22. The molecule has 5 nitrogen and oxygen atoms in total. The average molecular weight is 345 g/mol. The highest BCUT2D eigenvalue weighted by atomic mass is 16.2. The molecule has 0 radical (unpaired) electrons. The average Bonchev–Trinajstić information content (AvgIpc) is 2.68. The third-order valence-electron chi connectivity index (χ3n) is 3.99. The summed E-state index contributed by atoms with van der Waals surface area (Å²) in [6.45, 7) is 1.53. The number of rotatable bonds is 5. The lowest BCUT2D eigenvalue weighted by Crippen LogP contribution is -2.26. The first-order chi connectivity index (χ1) is 12.5. The zero-order chi connectivity index (χ0) is 18.5. The maximum atomic E-state index is 12.5. The van der Waals surface area contributed by atoms with Crippen molar-refractivity contribution in [1.29, 1.82) is 0 Å². The number of ketones is 1. The predicted molar refractivity (Wildman–Crippen MR) is 103 cm³/mol. The molecule has 26 heavy (non-hydrogen) atoms. The molecule has 1 heterocycles. The third-order valence-corrected chi connectivity index (χ3v) is 3.99. The van der Waals surface area contributed by atoms with Gasteiger partial charge in [0.2, 0.25) is 0 Å². The molecular weight excluding hydrogens is 326 g/mol. The van der Waals surface area contributed by atoms with Crippen LogP contribution in [0.25, 0.3) is 0 Å². The minimum Gasteiger partial charge on any atom is -0.354 e. The molecule has 3 aromatic rings. The van der Waals surface area contributed by atoms with Crippen LogP contribution in [0.4, 0.5) is 17.1 Å². The van der Waals surface area contributed by atoms with Crippen molar-refractivity contribution < 1.29 is 9.59 Å². The normalized spacial score (nSPS) is 10.2. The maximum Gasteiger partial charge on any atom is 0.276 e. The Hall–Kier alpha value is -3.47. The Labute approximate surface area is 152 Å². The molecule has 0 aliphatic rings. The molecule has 1 amide bonds. The van der Waals surface area contributed by atoms with Crippen molar-refractivity contribution in [3.8, 4) is 0 Å². The lowest BCUT2D eigenvalue weighted by atomic mass is 10.1. The smallest absolute Gasteiger partial charge is 0.276 e. The van der Waals surface area contributed by atoms with Crippen molar-refractivity contribution in [2.45, 2.75) is 6.92 Å². The first kappa shape index (κ1) is 17.4. The summed E-state index contributed by atoms with van der Waals surface area (Å²) in [5.41, 5.74) is 3.34. The fourth-order valence-corrected chi connectivity index (χ4v) is 2.52. The standard InChI is InChI=1S/C21H19N3O2/c1-15(25)16-7-6-8-17(13-16)23-18-11-12-20(22-14-18)21(26)24(2)19-9-4-3-5-10-19/h3-14,23H,1-2H3. The van der Waals surface area contributed by atoms with E-state index in [0.29, 0.717) is 11.3 Å². The molecule has 1 aromatic heterocycles. The van der Waals surface area contributed by atoms with Crippen LogP contribution in [0.2, 0.25) is 0 Å². The van der Waals surface area contributed by atoms with Crippen molar-refractivity contribution >= 4 is 28.8 Å². The van der Waals surface area contributed by atoms with Crippen LogP contribution >= 0.6 is 0 Å². The van der Waals surface area contributed by atoms with Crippen molar-refractivity contribution in [1.82, 2.24) is 4.98 Å². The van der Waals surface area contributed by atoms with E-state index in [1.54, 1.807) is 42.4 Å². The molecule has 0 aliphatic heterocycles. The largest absolute Gasteiger partial charge is 0.354 e. The number of carbonyl (C=O) groups is 2. The van der Waals surface area contributed by atoms with E-state index in [4.69, 9.17) is 0 Å². The number of hydrogen-bond acceptors (Lipinski definition) is 4. The highest BCUT2D eigenvalue weighted by Gasteiger charge is 2.14. The SMILES string of the molecule is CC(=O)c1cccc(Nc2ccc(C(=O)N(C)c3ccccc3)nc2)c1. The molecule has 0 saturated carbocycles. The van der Waals surface area contributed by atoms with Gasteiger partial charge in [-0.15, -0.1) is 0 Å². The van der Waals surface area contributed by atoms with Gasteiger partial charge < -0.3 is 10.2 Å². The second-order valence-corrected chi connectivity index (χ2v) is 5.89. The summed E-state index contributed by atoms with van der Waals surface area (Å²) in [5.74, 6) is -0.169. The van der Waals surface area contributed by atoms with E-state index in [0.717, 1.165) is 17.1 Å². The highest BCUT2D eigenvalue weighted by molar-refractivity contribution is 6.04. The number of Topliss-reactive ketones (excluding diaryl/α,β-unsaturated/α-hetero) is 1. The van der Waals surface area contributed by atoms with E-state index in [1.807, 2.05) is 42.5 Å². The summed E-state index contributed by atoms with van der Waals surface area (Å²) < 4.78 is 0. The molecule has 0 fully saturated rings. The minimum atomic E-state index is -0.179. The third kappa shape index (κ3) is 3.95. The number of aromatic nitrogens is 1. The molecular formula is C21H19N3O2. The zero-order valence-corrected chi connectivity index (χ0v) is 14.6. The van der Waals surface area contributed by atoms with Gasteiger partial charge in [0.15, 0.2) is 5.78 Å². The van der Waals surface area contributed by atoms with E-state index in [9.17, 15) is 9.59 Å². The van der Waals surface area contributed by atoms with E-state index >= 15 is 0 Å². The van der Waals surface area contributed by atoms with Crippen LogP contribution in [0.15, 0.2) is 72.9 Å². The topological polar surface area (TPSA) is 62.3 Å². The second kappa shape index (κ2) is 7.61. The Morgan fingerprint density at radius 1 is 0.923 bits per heavy atom. The molecule has 5 heteroatoms. The molecule has 0 atom stereocenters. The van der Waals surface area contributed by atoms with Crippen LogP contribution in [0.1, 0.15) is 27.8 Å². The van der Waals surface area contributed by atoms with Crippen molar-refractivity contribution in [2.75, 3.05) is 17.3 Å². The van der Waals surface area contributed by atoms with Crippen LogP contribution in [-0.2, 0) is 0 Å². The number of benzene rings is 2. The number of pyridine rings is 1. The zero-order valence-electron chi connectivity index (χ0n) is 14.6. The van der Waals surface area contributed by atoms with E-state index in [-0.39, 0.29) is 11.7 Å². The number of carbonyl (C=O) groups excluding carboxylic acids is 2. The summed E-state index contributed by atoms with van der Waals surface area (Å²) in [5, 5.41) is 3.19. The van der Waals surface area contributed by atoms with Crippen LogP contribution in [0, 0.1) is 0 Å². The number of para-hydroxylation sites is 1. The number of amides is 1. The van der Waals surface area contributed by atoms with Gasteiger partial charge in [-0.25, -0.2) is 4.98 Å². The van der Waals surface area contributed by atoms with Crippen LogP contribution < -0.4 is 10.2 Å². The predicted octanol–water partition coefficient (Wildman–Crippen LogP) is 4.30. The Morgan fingerprint density at radius 3 is 2.35 bits per heavy atom. The highest BCUT2D eigenvalue weighted by Crippen LogP contribution is 2.19. The minimum absolute atomic E-state index is 0.0108. The van der Waals surface area contributed by atoms with Crippen molar-refractivity contribution in [3.63, 3.8) is 0 Å². The quantitative estimate of drug-likeness (QED) is 0.700. The van der Waals surface area contributed by atoms with Gasteiger partial charge in [-0.3, -0.25) is 9.59 Å². The summed E-state index contributed by atoms with van der Waals surface area (Å²) in [6.07, 6.45) is 1.60. The van der Waals surface area contributed by atoms with E-state index in [2.05, 4.69) is 10.3 Å². The lowest BCUT2D eigenvalue weighted by molar-refractivity contribution is 0.0986. The Kier molecular flexibility index (Phi) is 5.08. The molecule has 0 spiro atoms. The molecule has 130 valence electrons.